The second-order valence-corrected chi connectivity index (χ2v) is 20.3. The number of fused-ring (bicyclic) bond motifs is 3. The average Bonchev–Trinajstić information content (AvgIpc) is 4.07. The number of rotatable bonds is 8. The second kappa shape index (κ2) is 16.3. The van der Waals surface area contributed by atoms with E-state index in [0.29, 0.717) is 20.2 Å². The minimum Gasteiger partial charge on any atom is -0.355 e. The van der Waals surface area contributed by atoms with E-state index in [2.05, 4.69) is 87.8 Å². The summed E-state index contributed by atoms with van der Waals surface area (Å²) in [6.45, 7) is 11.5. The van der Waals surface area contributed by atoms with Gasteiger partial charge in [0.1, 0.15) is 45.7 Å². The molecule has 5 aromatic heterocycles. The number of anilines is 2. The molecule has 0 unspecified atom stereocenters. The fourth-order valence-corrected chi connectivity index (χ4v) is 12.4. The lowest BCUT2D eigenvalue weighted by molar-refractivity contribution is -0.127. The van der Waals surface area contributed by atoms with Gasteiger partial charge in [0.2, 0.25) is 0 Å². The number of alkyl halides is 6. The molecule has 0 saturated carbocycles. The number of aromatic amines is 1. The predicted molar refractivity (Wildman–Crippen MR) is 238 cm³/mol. The Labute approximate surface area is 373 Å². The predicted octanol–water partition coefficient (Wildman–Crippen LogP) is 9.68. The van der Waals surface area contributed by atoms with Crippen molar-refractivity contribution in [2.24, 2.45) is 10.8 Å². The molecule has 2 spiro atoms. The Morgan fingerprint density at radius 2 is 1.20 bits per heavy atom. The summed E-state index contributed by atoms with van der Waals surface area (Å²) in [5.41, 5.74) is 5.79. The first-order chi connectivity index (χ1) is 30.6. The third kappa shape index (κ3) is 8.74. The standard InChI is InChI=1S/C25H23F3N6S.C21H21F3N4S/c1-15-16(2-3-21-19(15)6-17(9-29)32-21)10-33-11-24(12-33)4-5-34(13-24)22-20-7-18(8-25(26,27)28)35-23(20)31-14-30-22;22-21(23,24)9-16-8-17-18(25-14-26-19(17)29-16)28-7-6-20(13-28)11-27(12-20)10-15-4-2-1-3-5-15/h2-3,6-7,14,32H,4-5,8,10-13H2,1H3;1-5,8,14H,6-7,9-13H2. The second-order valence-electron chi connectivity index (χ2n) is 18.1. The largest absolute Gasteiger partial charge is 0.393 e. The van der Waals surface area contributed by atoms with Crippen LogP contribution in [0, 0.1) is 29.1 Å². The highest BCUT2D eigenvalue weighted by molar-refractivity contribution is 7.19. The smallest absolute Gasteiger partial charge is 0.355 e. The Kier molecular flexibility index (Phi) is 10.8. The maximum Gasteiger partial charge on any atom is 0.393 e. The molecule has 1 N–H and O–H groups in total. The molecule has 10 nitrogen and oxygen atoms in total. The molecule has 0 bridgehead atoms. The van der Waals surface area contributed by atoms with E-state index in [1.54, 1.807) is 12.1 Å². The van der Waals surface area contributed by atoms with Crippen LogP contribution in [0.2, 0.25) is 0 Å². The van der Waals surface area contributed by atoms with Crippen LogP contribution in [0.1, 0.15) is 45.0 Å². The van der Waals surface area contributed by atoms with Crippen LogP contribution in [-0.4, -0.2) is 99.4 Å². The zero-order valence-electron chi connectivity index (χ0n) is 34.9. The molecule has 18 heteroatoms. The highest BCUT2D eigenvalue weighted by Gasteiger charge is 2.49. The first-order valence-corrected chi connectivity index (χ1v) is 22.8. The van der Waals surface area contributed by atoms with Crippen molar-refractivity contribution in [1.29, 1.82) is 5.26 Å². The van der Waals surface area contributed by atoms with Crippen molar-refractivity contribution in [3.8, 4) is 6.07 Å². The van der Waals surface area contributed by atoms with E-state index < -0.39 is 25.2 Å². The lowest BCUT2D eigenvalue weighted by Gasteiger charge is -2.48. The number of nitriles is 1. The normalized spacial score (nSPS) is 18.5. The molecule has 0 amide bonds. The summed E-state index contributed by atoms with van der Waals surface area (Å²) in [5.74, 6) is 1.52. The van der Waals surface area contributed by atoms with Crippen LogP contribution >= 0.6 is 22.7 Å². The fourth-order valence-electron chi connectivity index (χ4n) is 10.3. The Morgan fingerprint density at radius 3 is 1.72 bits per heavy atom. The highest BCUT2D eigenvalue weighted by atomic mass is 32.1. The van der Waals surface area contributed by atoms with E-state index in [0.717, 1.165) is 134 Å². The molecule has 4 aliphatic heterocycles. The number of nitrogens with one attached hydrogen (secondary N) is 1. The van der Waals surface area contributed by atoms with Gasteiger partial charge < -0.3 is 14.8 Å². The third-order valence-corrected chi connectivity index (χ3v) is 15.2. The van der Waals surface area contributed by atoms with Crippen LogP contribution in [0.5, 0.6) is 0 Å². The van der Waals surface area contributed by atoms with Gasteiger partial charge in [0.25, 0.3) is 0 Å². The molecule has 11 rings (SSSR count). The maximum atomic E-state index is 12.9. The van der Waals surface area contributed by atoms with E-state index in [4.69, 9.17) is 0 Å². The average molecular weight is 915 g/mol. The van der Waals surface area contributed by atoms with Crippen molar-refractivity contribution in [3.05, 3.63) is 105 Å². The topological polar surface area (TPSA) is 104 Å². The van der Waals surface area contributed by atoms with E-state index in [1.807, 2.05) is 18.2 Å². The Hall–Kier alpha value is -5.35. The number of thiophene rings is 2. The minimum absolute atomic E-state index is 0.183. The van der Waals surface area contributed by atoms with Gasteiger partial charge >= 0.3 is 12.4 Å². The molecule has 0 atom stereocenters. The van der Waals surface area contributed by atoms with Gasteiger partial charge in [-0.2, -0.15) is 31.6 Å². The molecule has 332 valence electrons. The Balaban J connectivity index is 0.000000154. The highest BCUT2D eigenvalue weighted by Crippen LogP contribution is 2.45. The van der Waals surface area contributed by atoms with Crippen molar-refractivity contribution in [1.82, 2.24) is 34.7 Å². The van der Waals surface area contributed by atoms with Gasteiger partial charge in [0.15, 0.2) is 0 Å². The quantitative estimate of drug-likeness (QED) is 0.149. The minimum atomic E-state index is -4.23. The molecule has 2 aromatic carbocycles. The van der Waals surface area contributed by atoms with Gasteiger partial charge in [0.05, 0.1) is 23.6 Å². The summed E-state index contributed by atoms with van der Waals surface area (Å²) in [4.78, 5) is 31.6. The van der Waals surface area contributed by atoms with Crippen LogP contribution in [0.15, 0.2) is 73.3 Å². The summed E-state index contributed by atoms with van der Waals surface area (Å²) in [6, 6.07) is 22.0. The number of nitrogens with zero attached hydrogens (tertiary/aromatic N) is 9. The van der Waals surface area contributed by atoms with Gasteiger partial charge in [-0.15, -0.1) is 22.7 Å². The van der Waals surface area contributed by atoms with E-state index >= 15 is 0 Å². The summed E-state index contributed by atoms with van der Waals surface area (Å²) >= 11 is 2.21. The molecule has 9 heterocycles. The Bertz CT molecular complexity index is 2870. The SMILES string of the molecule is Cc1c(CN2CC3(CCN(c4ncnc5sc(CC(F)(F)F)cc45)C3)C2)ccc2[nH]c(C#N)cc12.FC(F)(F)Cc1cc2c(N3CCC4(CN(Cc5ccccc5)C4)C3)ncnc2s1. The molecule has 4 fully saturated rings. The van der Waals surface area contributed by atoms with Crippen molar-refractivity contribution in [2.75, 3.05) is 62.2 Å². The van der Waals surface area contributed by atoms with Gasteiger partial charge in [-0.25, -0.2) is 19.9 Å². The van der Waals surface area contributed by atoms with E-state index in [-0.39, 0.29) is 15.7 Å². The summed E-state index contributed by atoms with van der Waals surface area (Å²) < 4.78 is 77.0. The zero-order chi connectivity index (χ0) is 44.4. The monoisotopic (exact) mass is 914 g/mol. The number of aryl methyl sites for hydroxylation is 1. The molecule has 0 radical (unpaired) electrons. The molecular weight excluding hydrogens is 871 g/mol. The van der Waals surface area contributed by atoms with Gasteiger partial charge in [-0.05, 0) is 60.7 Å². The van der Waals surface area contributed by atoms with E-state index in [9.17, 15) is 31.6 Å². The first kappa shape index (κ1) is 42.6. The summed E-state index contributed by atoms with van der Waals surface area (Å²) in [5, 5.41) is 11.7. The molecule has 64 heavy (non-hydrogen) atoms. The molecular formula is C46H44F6N10S2. The van der Waals surface area contributed by atoms with Crippen LogP contribution in [-0.2, 0) is 25.9 Å². The summed E-state index contributed by atoms with van der Waals surface area (Å²) in [7, 11) is 0. The number of aromatic nitrogens is 5. The van der Waals surface area contributed by atoms with Crippen molar-refractivity contribution < 1.29 is 26.3 Å². The molecule has 4 aliphatic rings. The number of likely N-dealkylation sites (tertiary alicyclic amines) is 2. The van der Waals surface area contributed by atoms with Gasteiger partial charge in [-0.1, -0.05) is 36.4 Å². The van der Waals surface area contributed by atoms with Crippen molar-refractivity contribution >= 4 is 65.6 Å². The lowest BCUT2D eigenvalue weighted by atomic mass is 9.78. The lowest BCUT2D eigenvalue weighted by Crippen LogP contribution is -2.56. The van der Waals surface area contributed by atoms with Crippen LogP contribution in [0.25, 0.3) is 31.3 Å². The zero-order valence-corrected chi connectivity index (χ0v) is 36.6. The molecule has 4 saturated heterocycles. The van der Waals surface area contributed by atoms with E-state index in [1.165, 1.54) is 29.3 Å². The maximum absolute atomic E-state index is 12.9. The number of benzene rings is 2. The number of hydrogen-bond acceptors (Lipinski definition) is 11. The van der Waals surface area contributed by atoms with Crippen molar-refractivity contribution in [2.45, 2.75) is 58.0 Å². The van der Waals surface area contributed by atoms with Gasteiger partial charge in [-0.3, -0.25) is 9.80 Å². The third-order valence-electron chi connectivity index (χ3n) is 13.1. The number of halogens is 6. The van der Waals surface area contributed by atoms with Crippen LogP contribution in [0.3, 0.4) is 0 Å². The van der Waals surface area contributed by atoms with Crippen LogP contribution < -0.4 is 9.80 Å². The molecule has 7 aromatic rings. The Morgan fingerprint density at radius 1 is 0.672 bits per heavy atom. The molecule has 0 aliphatic carbocycles. The first-order valence-electron chi connectivity index (χ1n) is 21.2. The van der Waals surface area contributed by atoms with Crippen molar-refractivity contribution in [3.63, 3.8) is 0 Å². The number of hydrogen-bond donors (Lipinski definition) is 1. The fraction of sp³-hybridized carbons (Fsp3) is 0.413. The number of H-pyrrole nitrogens is 1. The van der Waals surface area contributed by atoms with Crippen LogP contribution in [0.4, 0.5) is 38.0 Å². The summed E-state index contributed by atoms with van der Waals surface area (Å²) in [6.07, 6.45) is -5.23. The van der Waals surface area contributed by atoms with Gasteiger partial charge in [0, 0.05) is 96.9 Å².